The molecule has 0 saturated carbocycles. The van der Waals surface area contributed by atoms with Crippen LogP contribution in [-0.4, -0.2) is 4.98 Å². The predicted octanol–water partition coefficient (Wildman–Crippen LogP) is 7.00. The van der Waals surface area contributed by atoms with Crippen molar-refractivity contribution >= 4 is 16.3 Å². The van der Waals surface area contributed by atoms with Crippen LogP contribution in [0.4, 0.5) is 0 Å². The second-order valence-corrected chi connectivity index (χ2v) is 8.00. The summed E-state index contributed by atoms with van der Waals surface area (Å²) < 4.78 is 6.95. The van der Waals surface area contributed by atoms with Crippen LogP contribution < -0.4 is 4.74 Å². The molecule has 0 aliphatic carbocycles. The van der Waals surface area contributed by atoms with E-state index in [1.165, 1.54) is 5.39 Å². The molecule has 5 aromatic rings. The van der Waals surface area contributed by atoms with Crippen molar-refractivity contribution in [2.24, 2.45) is 0 Å². The zero-order valence-electron chi connectivity index (χ0n) is 17.5. The van der Waals surface area contributed by atoms with Gasteiger partial charge in [-0.2, -0.15) is 0 Å². The highest BCUT2D eigenvalue weighted by Crippen LogP contribution is 2.48. The lowest BCUT2D eigenvalue weighted by atomic mass is 9.80. The van der Waals surface area contributed by atoms with Gasteiger partial charge in [0, 0.05) is 28.5 Å². The zero-order chi connectivity index (χ0) is 21.4. The van der Waals surface area contributed by atoms with Gasteiger partial charge in [-0.1, -0.05) is 97.1 Å². The van der Waals surface area contributed by atoms with E-state index >= 15 is 0 Å². The Morgan fingerprint density at radius 3 is 1.94 bits per heavy atom. The first-order valence-electron chi connectivity index (χ1n) is 10.8. The summed E-state index contributed by atoms with van der Waals surface area (Å²) in [6.07, 6.45) is 4.10. The van der Waals surface area contributed by atoms with Crippen molar-refractivity contribution in [3.63, 3.8) is 0 Å². The first-order valence-corrected chi connectivity index (χ1v) is 10.8. The number of nitrogens with zero attached hydrogens (tertiary/aromatic N) is 1. The van der Waals surface area contributed by atoms with Crippen molar-refractivity contribution in [1.82, 2.24) is 4.98 Å². The van der Waals surface area contributed by atoms with Gasteiger partial charge in [0.2, 0.25) is 0 Å². The van der Waals surface area contributed by atoms with Gasteiger partial charge < -0.3 is 4.74 Å². The largest absolute Gasteiger partial charge is 0.473 e. The lowest BCUT2D eigenvalue weighted by Crippen LogP contribution is -2.35. The molecule has 0 N–H and O–H groups in total. The lowest BCUT2D eigenvalue weighted by Gasteiger charge is -2.38. The summed E-state index contributed by atoms with van der Waals surface area (Å²) in [6, 6.07) is 39.6. The predicted molar refractivity (Wildman–Crippen MR) is 130 cm³/mol. The molecule has 4 aromatic carbocycles. The Balaban J connectivity index is 1.72. The number of rotatable bonds is 3. The van der Waals surface area contributed by atoms with Crippen LogP contribution in [0.5, 0.6) is 5.75 Å². The van der Waals surface area contributed by atoms with E-state index in [4.69, 9.17) is 9.72 Å². The van der Waals surface area contributed by atoms with Gasteiger partial charge in [-0.3, -0.25) is 4.98 Å². The Morgan fingerprint density at radius 1 is 0.594 bits per heavy atom. The summed E-state index contributed by atoms with van der Waals surface area (Å²) in [4.78, 5) is 4.74. The topological polar surface area (TPSA) is 22.1 Å². The van der Waals surface area contributed by atoms with Gasteiger partial charge in [0.1, 0.15) is 5.75 Å². The van der Waals surface area contributed by atoms with E-state index in [2.05, 4.69) is 97.1 Å². The van der Waals surface area contributed by atoms with Crippen LogP contribution in [0.3, 0.4) is 0 Å². The van der Waals surface area contributed by atoms with Crippen LogP contribution in [0.15, 0.2) is 128 Å². The Kier molecular flexibility index (Phi) is 4.36. The van der Waals surface area contributed by atoms with E-state index < -0.39 is 5.60 Å². The fourth-order valence-electron chi connectivity index (χ4n) is 4.64. The minimum Gasteiger partial charge on any atom is -0.473 e. The molecule has 32 heavy (non-hydrogen) atoms. The third-order valence-electron chi connectivity index (χ3n) is 6.12. The van der Waals surface area contributed by atoms with Crippen LogP contribution in [0.25, 0.3) is 16.3 Å². The molecule has 0 atom stereocenters. The summed E-state index contributed by atoms with van der Waals surface area (Å²) >= 11 is 0. The fraction of sp³-hybridized carbons (Fsp3) is 0.0333. The van der Waals surface area contributed by atoms with Crippen LogP contribution in [0, 0.1) is 0 Å². The van der Waals surface area contributed by atoms with Gasteiger partial charge >= 0.3 is 0 Å². The molecule has 0 fully saturated rings. The van der Waals surface area contributed by atoms with Crippen molar-refractivity contribution in [2.75, 3.05) is 0 Å². The maximum absolute atomic E-state index is 6.95. The Labute approximate surface area is 187 Å². The maximum Gasteiger partial charge on any atom is 0.178 e. The zero-order valence-corrected chi connectivity index (χ0v) is 17.5. The van der Waals surface area contributed by atoms with Crippen LogP contribution in [-0.2, 0) is 5.60 Å². The molecular formula is C30H21NO. The molecule has 0 bridgehead atoms. The fourth-order valence-corrected chi connectivity index (χ4v) is 4.64. The molecule has 1 aliphatic rings. The normalized spacial score (nSPS) is 14.3. The number of benzene rings is 4. The van der Waals surface area contributed by atoms with E-state index in [0.29, 0.717) is 0 Å². The number of hydrogen-bond donors (Lipinski definition) is 0. The van der Waals surface area contributed by atoms with E-state index in [0.717, 1.165) is 39.1 Å². The molecule has 152 valence electrons. The Bertz CT molecular complexity index is 1380. The molecule has 0 unspecified atom stereocenters. The smallest absolute Gasteiger partial charge is 0.178 e. The van der Waals surface area contributed by atoms with E-state index in [1.807, 2.05) is 30.5 Å². The average Bonchev–Trinajstić information content (AvgIpc) is 2.89. The molecule has 0 amide bonds. The third-order valence-corrected chi connectivity index (χ3v) is 6.12. The molecule has 2 nitrogen and oxygen atoms in total. The average molecular weight is 412 g/mol. The number of aromatic nitrogens is 1. The van der Waals surface area contributed by atoms with E-state index in [1.54, 1.807) is 0 Å². The van der Waals surface area contributed by atoms with Crippen molar-refractivity contribution in [2.45, 2.75) is 5.60 Å². The Hall–Kier alpha value is -4.17. The van der Waals surface area contributed by atoms with Crippen molar-refractivity contribution in [3.8, 4) is 5.75 Å². The monoisotopic (exact) mass is 411 g/mol. The molecule has 0 spiro atoms. The number of hydrogen-bond acceptors (Lipinski definition) is 2. The highest BCUT2D eigenvalue weighted by atomic mass is 16.5. The van der Waals surface area contributed by atoms with Gasteiger partial charge in [-0.05, 0) is 35.0 Å². The van der Waals surface area contributed by atoms with E-state index in [9.17, 15) is 0 Å². The third kappa shape index (κ3) is 2.92. The maximum atomic E-state index is 6.95. The molecule has 1 aromatic heterocycles. The van der Waals surface area contributed by atoms with Crippen LogP contribution in [0.1, 0.15) is 22.4 Å². The number of pyridine rings is 1. The molecule has 2 heteroatoms. The minimum atomic E-state index is -0.759. The summed E-state index contributed by atoms with van der Waals surface area (Å²) in [5.41, 5.74) is 4.51. The van der Waals surface area contributed by atoms with E-state index in [-0.39, 0.29) is 0 Å². The highest BCUT2D eigenvalue weighted by Gasteiger charge is 2.40. The second kappa shape index (κ2) is 7.51. The van der Waals surface area contributed by atoms with Gasteiger partial charge in [0.05, 0.1) is 5.69 Å². The summed E-state index contributed by atoms with van der Waals surface area (Å²) in [7, 11) is 0. The SMILES string of the molecule is C1=C(c2ccccn2)c2c(ccc3ccccc23)OC1(c1ccccc1)c1ccccc1. The quantitative estimate of drug-likeness (QED) is 0.319. The second-order valence-electron chi connectivity index (χ2n) is 8.00. The van der Waals surface area contributed by atoms with Crippen molar-refractivity contribution < 1.29 is 4.74 Å². The number of ether oxygens (including phenoxy) is 1. The molecule has 2 heterocycles. The minimum absolute atomic E-state index is 0.759. The van der Waals surface area contributed by atoms with Crippen LogP contribution in [0.2, 0.25) is 0 Å². The highest BCUT2D eigenvalue weighted by molar-refractivity contribution is 6.01. The van der Waals surface area contributed by atoms with Gasteiger partial charge in [0.25, 0.3) is 0 Å². The van der Waals surface area contributed by atoms with Crippen molar-refractivity contribution in [3.05, 3.63) is 150 Å². The molecular weight excluding hydrogens is 390 g/mol. The molecule has 0 radical (unpaired) electrons. The summed E-state index contributed by atoms with van der Waals surface area (Å²) in [5, 5.41) is 2.35. The van der Waals surface area contributed by atoms with Gasteiger partial charge in [-0.25, -0.2) is 0 Å². The molecule has 0 saturated heterocycles. The standard InChI is InChI=1S/C30H21NO/c1-3-12-23(13-4-1)30(24-14-5-2-6-15-24)21-26(27-17-9-10-20-31-27)29-25-16-8-7-11-22(25)18-19-28(29)32-30/h1-21H. The van der Waals surface area contributed by atoms with Gasteiger partial charge in [-0.15, -0.1) is 0 Å². The lowest BCUT2D eigenvalue weighted by molar-refractivity contribution is 0.160. The molecule has 1 aliphatic heterocycles. The van der Waals surface area contributed by atoms with Gasteiger partial charge in [0.15, 0.2) is 5.60 Å². The first-order chi connectivity index (χ1) is 15.9. The van der Waals surface area contributed by atoms with Crippen LogP contribution >= 0.6 is 0 Å². The number of fused-ring (bicyclic) bond motifs is 3. The van der Waals surface area contributed by atoms with Crippen molar-refractivity contribution in [1.29, 1.82) is 0 Å². The summed E-state index contributed by atoms with van der Waals surface area (Å²) in [6.45, 7) is 0. The summed E-state index contributed by atoms with van der Waals surface area (Å²) in [5.74, 6) is 0.861. The first kappa shape index (κ1) is 18.6. The Morgan fingerprint density at radius 2 is 1.25 bits per heavy atom. The molecule has 6 rings (SSSR count).